The molecule has 0 radical (unpaired) electrons. The van der Waals surface area contributed by atoms with Crippen molar-refractivity contribution in [3.63, 3.8) is 0 Å². The van der Waals surface area contributed by atoms with Crippen molar-refractivity contribution in [1.29, 1.82) is 0 Å². The van der Waals surface area contributed by atoms with Gasteiger partial charge in [-0.15, -0.1) is 0 Å². The highest BCUT2D eigenvalue weighted by molar-refractivity contribution is 7.88. The van der Waals surface area contributed by atoms with Gasteiger partial charge < -0.3 is 9.64 Å². The second kappa shape index (κ2) is 10.2. The van der Waals surface area contributed by atoms with Crippen LogP contribution in [0.15, 0.2) is 48.8 Å². The molecule has 4 rings (SSSR count). The number of hydrogen-bond donors (Lipinski definition) is 1. The van der Waals surface area contributed by atoms with Crippen LogP contribution in [0.5, 0.6) is 0 Å². The van der Waals surface area contributed by atoms with Gasteiger partial charge in [-0.2, -0.15) is 13.2 Å². The zero-order valence-corrected chi connectivity index (χ0v) is 19.9. The Labute approximate surface area is 198 Å². The zero-order valence-electron chi connectivity index (χ0n) is 19.0. The van der Waals surface area contributed by atoms with Gasteiger partial charge in [-0.05, 0) is 49.7 Å². The third-order valence-corrected chi connectivity index (χ3v) is 7.47. The Bertz CT molecular complexity index is 1060. The summed E-state index contributed by atoms with van der Waals surface area (Å²) in [6.07, 6.45) is 3.07. The number of aromatic nitrogens is 1. The first-order chi connectivity index (χ1) is 16.1. The van der Waals surface area contributed by atoms with E-state index in [9.17, 15) is 21.6 Å². The number of ether oxygens (including phenoxy) is 1. The van der Waals surface area contributed by atoms with Crippen LogP contribution in [-0.2, 0) is 20.9 Å². The molecule has 0 amide bonds. The van der Waals surface area contributed by atoms with Gasteiger partial charge in [-0.25, -0.2) is 13.1 Å². The van der Waals surface area contributed by atoms with E-state index in [4.69, 9.17) is 4.74 Å². The van der Waals surface area contributed by atoms with Crippen LogP contribution in [0.25, 0.3) is 0 Å². The summed E-state index contributed by atoms with van der Waals surface area (Å²) in [7, 11) is -3.49. The minimum Gasteiger partial charge on any atom is -0.376 e. The number of nitrogens with zero attached hydrogens (tertiary/aromatic N) is 2. The summed E-state index contributed by atoms with van der Waals surface area (Å²) in [5.74, 6) is 0.500. The first-order valence-electron chi connectivity index (χ1n) is 11.5. The molecule has 1 saturated heterocycles. The van der Waals surface area contributed by atoms with E-state index < -0.39 is 33.8 Å². The van der Waals surface area contributed by atoms with Crippen LogP contribution in [0, 0.1) is 0 Å². The third kappa shape index (κ3) is 6.28. The minimum absolute atomic E-state index is 0.0425. The van der Waals surface area contributed by atoms with Gasteiger partial charge >= 0.3 is 6.18 Å². The van der Waals surface area contributed by atoms with Crippen LogP contribution >= 0.6 is 0 Å². The van der Waals surface area contributed by atoms with Crippen molar-refractivity contribution in [2.24, 2.45) is 0 Å². The Morgan fingerprint density at radius 1 is 1.09 bits per heavy atom. The quantitative estimate of drug-likeness (QED) is 0.616. The highest BCUT2D eigenvalue weighted by Gasteiger charge is 2.38. The summed E-state index contributed by atoms with van der Waals surface area (Å²) in [6, 6.07) is 10.6. The first kappa shape index (κ1) is 24.9. The van der Waals surface area contributed by atoms with E-state index in [-0.39, 0.29) is 12.7 Å². The molecule has 2 heterocycles. The van der Waals surface area contributed by atoms with Crippen molar-refractivity contribution in [2.75, 3.05) is 24.3 Å². The maximum Gasteiger partial charge on any atom is 0.417 e. The van der Waals surface area contributed by atoms with Crippen molar-refractivity contribution in [2.45, 2.75) is 62.4 Å². The summed E-state index contributed by atoms with van der Waals surface area (Å²) >= 11 is 0. The van der Waals surface area contributed by atoms with Crippen LogP contribution in [-0.4, -0.2) is 51.0 Å². The van der Waals surface area contributed by atoms with E-state index in [2.05, 4.69) is 21.8 Å². The molecule has 10 heteroatoms. The number of rotatable bonds is 7. The fourth-order valence-electron chi connectivity index (χ4n) is 5.06. The molecule has 2 aliphatic rings. The van der Waals surface area contributed by atoms with Crippen LogP contribution in [0.4, 0.5) is 18.9 Å². The topological polar surface area (TPSA) is 71.5 Å². The summed E-state index contributed by atoms with van der Waals surface area (Å²) in [5, 5.41) is 0. The molecule has 1 saturated carbocycles. The highest BCUT2D eigenvalue weighted by atomic mass is 32.2. The van der Waals surface area contributed by atoms with E-state index in [0.29, 0.717) is 24.6 Å². The summed E-state index contributed by atoms with van der Waals surface area (Å²) in [4.78, 5) is 5.55. The number of pyridine rings is 1. The van der Waals surface area contributed by atoms with Crippen LogP contribution in [0.2, 0.25) is 0 Å². The van der Waals surface area contributed by atoms with Crippen molar-refractivity contribution in [3.05, 3.63) is 59.9 Å². The molecule has 2 fully saturated rings. The SMILES string of the molecule is CS(=O)(=O)N[C@H]1CCN(c2cncc(C(F)(F)F)c2)[C@H]1COC1CCC(c2ccccc2)CC1. The van der Waals surface area contributed by atoms with Crippen LogP contribution in [0.3, 0.4) is 0 Å². The van der Waals surface area contributed by atoms with E-state index >= 15 is 0 Å². The smallest absolute Gasteiger partial charge is 0.376 e. The van der Waals surface area contributed by atoms with Gasteiger partial charge in [0.15, 0.2) is 0 Å². The standard InChI is InChI=1S/C24H30F3N3O3S/c1-34(31,32)29-22-11-12-30(20-13-19(14-28-15-20)24(25,26)27)23(22)16-33-21-9-7-18(8-10-21)17-5-3-2-4-6-17/h2-6,13-15,18,21-23,29H,7-12,16H2,1H3/t18?,21?,22-,23-/m0/s1. The monoisotopic (exact) mass is 497 g/mol. The Kier molecular flexibility index (Phi) is 7.49. The predicted molar refractivity (Wildman–Crippen MR) is 124 cm³/mol. The molecule has 1 aromatic heterocycles. The molecule has 186 valence electrons. The van der Waals surface area contributed by atoms with E-state index in [1.807, 2.05) is 18.2 Å². The molecule has 0 bridgehead atoms. The maximum atomic E-state index is 13.2. The lowest BCUT2D eigenvalue weighted by molar-refractivity contribution is -0.137. The molecule has 34 heavy (non-hydrogen) atoms. The molecule has 1 aliphatic carbocycles. The van der Waals surface area contributed by atoms with Crippen molar-refractivity contribution >= 4 is 15.7 Å². The van der Waals surface area contributed by atoms with Gasteiger partial charge in [0, 0.05) is 18.8 Å². The van der Waals surface area contributed by atoms with Gasteiger partial charge in [-0.3, -0.25) is 4.98 Å². The lowest BCUT2D eigenvalue weighted by Gasteiger charge is -2.33. The van der Waals surface area contributed by atoms with E-state index in [0.717, 1.165) is 44.2 Å². The van der Waals surface area contributed by atoms with E-state index in [1.54, 1.807) is 4.90 Å². The largest absolute Gasteiger partial charge is 0.417 e. The Morgan fingerprint density at radius 3 is 2.44 bits per heavy atom. The van der Waals surface area contributed by atoms with Gasteiger partial charge in [0.2, 0.25) is 10.0 Å². The molecular weight excluding hydrogens is 467 g/mol. The number of benzene rings is 1. The molecule has 1 aliphatic heterocycles. The second-order valence-corrected chi connectivity index (χ2v) is 11.0. The summed E-state index contributed by atoms with van der Waals surface area (Å²) in [6.45, 7) is 0.634. The first-order valence-corrected chi connectivity index (χ1v) is 13.4. The molecule has 0 spiro atoms. The van der Waals surface area contributed by atoms with Crippen molar-refractivity contribution in [1.82, 2.24) is 9.71 Å². The average molecular weight is 498 g/mol. The molecule has 2 atom stereocenters. The van der Waals surface area contributed by atoms with Crippen LogP contribution in [0.1, 0.15) is 49.1 Å². The number of halogens is 3. The molecular formula is C24H30F3N3O3S. The Morgan fingerprint density at radius 2 is 1.79 bits per heavy atom. The van der Waals surface area contributed by atoms with Crippen molar-refractivity contribution < 1.29 is 26.3 Å². The minimum atomic E-state index is -4.50. The fourth-order valence-corrected chi connectivity index (χ4v) is 5.88. The number of alkyl halides is 3. The maximum absolute atomic E-state index is 13.2. The zero-order chi connectivity index (χ0) is 24.3. The average Bonchev–Trinajstić information content (AvgIpc) is 3.19. The Balaban J connectivity index is 1.44. The molecule has 1 N–H and O–H groups in total. The number of hydrogen-bond acceptors (Lipinski definition) is 5. The fraction of sp³-hybridized carbons (Fsp3) is 0.542. The summed E-state index contributed by atoms with van der Waals surface area (Å²) < 4.78 is 72.3. The van der Waals surface area contributed by atoms with Crippen molar-refractivity contribution in [3.8, 4) is 0 Å². The summed E-state index contributed by atoms with van der Waals surface area (Å²) in [5.41, 5.74) is 0.815. The van der Waals surface area contributed by atoms with Gasteiger partial charge in [-0.1, -0.05) is 30.3 Å². The molecule has 6 nitrogen and oxygen atoms in total. The van der Waals surface area contributed by atoms with Crippen LogP contribution < -0.4 is 9.62 Å². The van der Waals surface area contributed by atoms with E-state index in [1.165, 1.54) is 11.8 Å². The third-order valence-electron chi connectivity index (χ3n) is 6.74. The van der Waals surface area contributed by atoms with Gasteiger partial charge in [0.05, 0.1) is 42.5 Å². The highest BCUT2D eigenvalue weighted by Crippen LogP contribution is 2.36. The lowest BCUT2D eigenvalue weighted by Crippen LogP contribution is -2.48. The second-order valence-electron chi connectivity index (χ2n) is 9.19. The number of anilines is 1. The Hall–Kier alpha value is -2.17. The number of nitrogens with one attached hydrogen (secondary N) is 1. The number of sulfonamides is 1. The molecule has 1 aromatic carbocycles. The lowest BCUT2D eigenvalue weighted by atomic mass is 9.83. The predicted octanol–water partition coefficient (Wildman–Crippen LogP) is 4.34. The normalized spacial score (nSPS) is 26.1. The van der Waals surface area contributed by atoms with Gasteiger partial charge in [0.25, 0.3) is 0 Å². The molecule has 2 aromatic rings. The molecule has 0 unspecified atom stereocenters. The van der Waals surface area contributed by atoms with Gasteiger partial charge in [0.1, 0.15) is 0 Å².